The third-order valence-electron chi connectivity index (χ3n) is 5.82. The first-order valence-electron chi connectivity index (χ1n) is 10.1. The van der Waals surface area contributed by atoms with Crippen molar-refractivity contribution in [1.29, 1.82) is 0 Å². The van der Waals surface area contributed by atoms with Crippen molar-refractivity contribution in [3.8, 4) is 11.5 Å². The number of nitrogens with one attached hydrogen (secondary N) is 3. The molecule has 0 aliphatic carbocycles. The molecule has 154 valence electrons. The van der Waals surface area contributed by atoms with Crippen molar-refractivity contribution in [3.63, 3.8) is 0 Å². The van der Waals surface area contributed by atoms with Gasteiger partial charge in [0.25, 0.3) is 0 Å². The second-order valence-electron chi connectivity index (χ2n) is 7.89. The normalized spacial score (nSPS) is 21.6. The molecular formula is C22H28ClN3O3+2. The molecule has 0 radical (unpaired) electrons. The van der Waals surface area contributed by atoms with Gasteiger partial charge in [-0.3, -0.25) is 4.79 Å². The number of amides is 1. The number of rotatable bonds is 6. The first kappa shape index (κ1) is 20.0. The van der Waals surface area contributed by atoms with E-state index in [0.29, 0.717) is 18.0 Å². The fraction of sp³-hybridized carbons (Fsp3) is 0.409. The summed E-state index contributed by atoms with van der Waals surface area (Å²) in [4.78, 5) is 15.6. The summed E-state index contributed by atoms with van der Waals surface area (Å²) in [5.41, 5.74) is 2.14. The minimum absolute atomic E-state index is 0.0252. The third kappa shape index (κ3) is 5.01. The Labute approximate surface area is 176 Å². The van der Waals surface area contributed by atoms with Gasteiger partial charge in [0.05, 0.1) is 20.0 Å². The number of fused-ring (bicyclic) bond motifs is 1. The highest BCUT2D eigenvalue weighted by atomic mass is 35.5. The van der Waals surface area contributed by atoms with Crippen LogP contribution in [0.1, 0.15) is 17.2 Å². The van der Waals surface area contributed by atoms with E-state index in [1.165, 1.54) is 10.5 Å². The molecule has 3 N–H and O–H groups in total. The molecule has 2 aromatic carbocycles. The van der Waals surface area contributed by atoms with Gasteiger partial charge in [0.2, 0.25) is 12.7 Å². The van der Waals surface area contributed by atoms with Gasteiger partial charge in [0, 0.05) is 10.6 Å². The largest absolute Gasteiger partial charge is 0.454 e. The fourth-order valence-corrected chi connectivity index (χ4v) is 4.17. The van der Waals surface area contributed by atoms with E-state index >= 15 is 0 Å². The lowest BCUT2D eigenvalue weighted by Gasteiger charge is -2.33. The summed E-state index contributed by atoms with van der Waals surface area (Å²) in [5.74, 6) is 1.61. The van der Waals surface area contributed by atoms with E-state index in [9.17, 15) is 4.79 Å². The Bertz CT molecular complexity index is 851. The number of benzene rings is 2. The molecule has 1 amide bonds. The van der Waals surface area contributed by atoms with Crippen LogP contribution >= 0.6 is 11.6 Å². The van der Waals surface area contributed by atoms with Gasteiger partial charge in [0.15, 0.2) is 11.5 Å². The molecule has 0 unspecified atom stereocenters. The van der Waals surface area contributed by atoms with Crippen LogP contribution in [0.5, 0.6) is 11.5 Å². The molecule has 1 saturated heterocycles. The van der Waals surface area contributed by atoms with Crippen molar-refractivity contribution in [1.82, 2.24) is 5.32 Å². The number of carbonyl (C=O) groups is 1. The van der Waals surface area contributed by atoms with Gasteiger partial charge in [-0.05, 0) is 35.9 Å². The lowest BCUT2D eigenvalue weighted by Crippen LogP contribution is -3.27. The minimum Gasteiger partial charge on any atom is -0.454 e. The Morgan fingerprint density at radius 2 is 1.79 bits per heavy atom. The van der Waals surface area contributed by atoms with E-state index < -0.39 is 0 Å². The van der Waals surface area contributed by atoms with Crippen molar-refractivity contribution in [3.05, 3.63) is 58.6 Å². The molecule has 4 rings (SSSR count). The van der Waals surface area contributed by atoms with E-state index in [0.717, 1.165) is 43.2 Å². The van der Waals surface area contributed by atoms with Gasteiger partial charge in [-0.2, -0.15) is 0 Å². The molecule has 2 heterocycles. The van der Waals surface area contributed by atoms with Gasteiger partial charge in [-0.15, -0.1) is 0 Å². The van der Waals surface area contributed by atoms with Gasteiger partial charge < -0.3 is 24.6 Å². The van der Waals surface area contributed by atoms with Crippen molar-refractivity contribution in [2.24, 2.45) is 0 Å². The standard InChI is InChI=1S/C22H26ClN3O3/c1-25-8-10-26(11-9-25)19(17-4-7-20-21(13-17)29-15-28-20)14-24-22(27)12-16-2-5-18(23)6-3-16/h2-7,13,19H,8-12,14-15H2,1H3,(H,24,27)/p+2/t19-/m0/s1. The van der Waals surface area contributed by atoms with Gasteiger partial charge in [-0.1, -0.05) is 23.7 Å². The quantitative estimate of drug-likeness (QED) is 0.614. The number of hydrogen-bond donors (Lipinski definition) is 3. The van der Waals surface area contributed by atoms with Crippen LogP contribution in [0.15, 0.2) is 42.5 Å². The number of carbonyl (C=O) groups excluding carboxylic acids is 1. The molecule has 29 heavy (non-hydrogen) atoms. The van der Waals surface area contributed by atoms with Crippen LogP contribution in [0.2, 0.25) is 5.02 Å². The van der Waals surface area contributed by atoms with Crippen LogP contribution in [0.3, 0.4) is 0 Å². The van der Waals surface area contributed by atoms with Crippen molar-refractivity contribution < 1.29 is 24.1 Å². The SMILES string of the molecule is C[NH+]1CC[NH+]([C@@H](CNC(=O)Cc2ccc(Cl)cc2)c2ccc3c(c2)OCO3)CC1. The van der Waals surface area contributed by atoms with E-state index in [4.69, 9.17) is 21.1 Å². The Kier molecular flexibility index (Phi) is 6.23. The van der Waals surface area contributed by atoms with E-state index in [1.54, 1.807) is 4.90 Å². The van der Waals surface area contributed by atoms with Gasteiger partial charge in [-0.25, -0.2) is 0 Å². The van der Waals surface area contributed by atoms with Crippen LogP contribution < -0.4 is 24.6 Å². The highest BCUT2D eigenvalue weighted by Crippen LogP contribution is 2.33. The van der Waals surface area contributed by atoms with E-state index in [1.807, 2.05) is 30.3 Å². The first-order chi connectivity index (χ1) is 14.1. The van der Waals surface area contributed by atoms with Crippen LogP contribution in [0.4, 0.5) is 0 Å². The van der Waals surface area contributed by atoms with E-state index in [2.05, 4.69) is 24.5 Å². The predicted octanol–water partition coefficient (Wildman–Crippen LogP) is -0.118. The van der Waals surface area contributed by atoms with Crippen molar-refractivity contribution in [2.75, 3.05) is 46.6 Å². The summed E-state index contributed by atoms with van der Waals surface area (Å²) >= 11 is 5.93. The maximum atomic E-state index is 12.6. The smallest absolute Gasteiger partial charge is 0.231 e. The Morgan fingerprint density at radius 3 is 2.55 bits per heavy atom. The second kappa shape index (κ2) is 9.03. The van der Waals surface area contributed by atoms with Crippen molar-refractivity contribution >= 4 is 17.5 Å². The number of ether oxygens (including phenoxy) is 2. The average molecular weight is 418 g/mol. The van der Waals surface area contributed by atoms with Crippen LogP contribution in [0, 0.1) is 0 Å². The molecule has 0 bridgehead atoms. The summed E-state index contributed by atoms with van der Waals surface area (Å²) in [5, 5.41) is 3.83. The summed E-state index contributed by atoms with van der Waals surface area (Å²) < 4.78 is 11.0. The molecule has 2 aromatic rings. The molecule has 2 aliphatic heterocycles. The Morgan fingerprint density at radius 1 is 1.07 bits per heavy atom. The number of piperazine rings is 1. The molecule has 0 aromatic heterocycles. The van der Waals surface area contributed by atoms with Crippen LogP contribution in [-0.2, 0) is 11.2 Å². The van der Waals surface area contributed by atoms with Crippen LogP contribution in [0.25, 0.3) is 0 Å². The third-order valence-corrected chi connectivity index (χ3v) is 6.07. The highest BCUT2D eigenvalue weighted by molar-refractivity contribution is 6.30. The number of hydrogen-bond acceptors (Lipinski definition) is 3. The fourth-order valence-electron chi connectivity index (χ4n) is 4.04. The minimum atomic E-state index is 0.0252. The van der Waals surface area contributed by atoms with Gasteiger partial charge >= 0.3 is 0 Å². The zero-order valence-electron chi connectivity index (χ0n) is 16.7. The zero-order chi connectivity index (χ0) is 20.2. The summed E-state index contributed by atoms with van der Waals surface area (Å²) in [7, 11) is 2.24. The van der Waals surface area contributed by atoms with Gasteiger partial charge in [0.1, 0.15) is 32.2 Å². The summed E-state index contributed by atoms with van der Waals surface area (Å²) in [6.45, 7) is 5.30. The lowest BCUT2D eigenvalue weighted by atomic mass is 10.0. The van der Waals surface area contributed by atoms with Crippen LogP contribution in [-0.4, -0.2) is 52.5 Å². The summed E-state index contributed by atoms with van der Waals surface area (Å²) in [6, 6.07) is 13.7. The molecule has 1 fully saturated rings. The lowest BCUT2D eigenvalue weighted by molar-refractivity contribution is -1.02. The molecule has 6 nitrogen and oxygen atoms in total. The monoisotopic (exact) mass is 417 g/mol. The zero-order valence-corrected chi connectivity index (χ0v) is 17.4. The molecule has 0 spiro atoms. The molecule has 2 aliphatic rings. The second-order valence-corrected chi connectivity index (χ2v) is 8.32. The van der Waals surface area contributed by atoms with Crippen molar-refractivity contribution in [2.45, 2.75) is 12.5 Å². The maximum absolute atomic E-state index is 12.6. The molecule has 7 heteroatoms. The first-order valence-corrected chi connectivity index (χ1v) is 10.5. The molecular weight excluding hydrogens is 390 g/mol. The predicted molar refractivity (Wildman–Crippen MR) is 111 cm³/mol. The highest BCUT2D eigenvalue weighted by Gasteiger charge is 2.31. The Hall–Kier alpha value is -2.28. The average Bonchev–Trinajstić information content (AvgIpc) is 3.19. The maximum Gasteiger partial charge on any atom is 0.231 e. The number of halogens is 1. The topological polar surface area (TPSA) is 56.4 Å². The number of likely N-dealkylation sites (N-methyl/N-ethyl adjacent to an activating group) is 1. The number of quaternary nitrogens is 2. The van der Waals surface area contributed by atoms with E-state index in [-0.39, 0.29) is 18.7 Å². The molecule has 1 atom stereocenters. The molecule has 0 saturated carbocycles. The Balaban J connectivity index is 1.45. The summed E-state index contributed by atoms with van der Waals surface area (Å²) in [6.07, 6.45) is 0.354.